The van der Waals surface area contributed by atoms with E-state index in [1.54, 1.807) is 0 Å². The van der Waals surface area contributed by atoms with Gasteiger partial charge in [-0.3, -0.25) is 4.79 Å². The number of halogens is 1. The monoisotopic (exact) mass is 431 g/mol. The van der Waals surface area contributed by atoms with Crippen molar-refractivity contribution in [2.75, 3.05) is 0 Å². The molecule has 0 atom stereocenters. The van der Waals surface area contributed by atoms with Crippen LogP contribution in [0.2, 0.25) is 0 Å². The highest BCUT2D eigenvalue weighted by Gasteiger charge is 2.20. The summed E-state index contributed by atoms with van der Waals surface area (Å²) in [5.74, 6) is 0.0554. The van der Waals surface area contributed by atoms with Crippen LogP contribution in [0.4, 0.5) is 0 Å². The van der Waals surface area contributed by atoms with Gasteiger partial charge in [0.25, 0.3) is 5.91 Å². The van der Waals surface area contributed by atoms with Gasteiger partial charge in [-0.25, -0.2) is 4.68 Å². The number of aryl methyl sites for hydroxylation is 1. The Bertz CT molecular complexity index is 921. The summed E-state index contributed by atoms with van der Waals surface area (Å²) in [6, 6.07) is 10.4. The van der Waals surface area contributed by atoms with E-state index in [9.17, 15) is 4.79 Å². The molecule has 0 saturated heterocycles. The first-order chi connectivity index (χ1) is 12.6. The molecule has 136 valence electrons. The lowest BCUT2D eigenvalue weighted by atomic mass is 10.1. The Morgan fingerprint density at radius 2 is 1.88 bits per heavy atom. The summed E-state index contributed by atoms with van der Waals surface area (Å²) in [4.78, 5) is 14.6. The highest BCUT2D eigenvalue weighted by atomic mass is 79.9. The summed E-state index contributed by atoms with van der Waals surface area (Å²) in [5, 5.41) is 8.97. The maximum Gasteiger partial charge on any atom is 0.261 e. The fourth-order valence-electron chi connectivity index (χ4n) is 3.60. The van der Waals surface area contributed by atoms with Crippen molar-refractivity contribution in [1.82, 2.24) is 15.1 Å². The van der Waals surface area contributed by atoms with Crippen molar-refractivity contribution in [3.8, 4) is 5.69 Å². The average Bonchev–Trinajstić information content (AvgIpc) is 3.09. The molecule has 1 aromatic carbocycles. The second-order valence-corrected chi connectivity index (χ2v) is 8.91. The van der Waals surface area contributed by atoms with Crippen LogP contribution in [-0.2, 0) is 0 Å². The van der Waals surface area contributed by atoms with Crippen molar-refractivity contribution >= 4 is 43.4 Å². The Balaban J connectivity index is 1.62. The Morgan fingerprint density at radius 1 is 1.19 bits per heavy atom. The number of thiophene rings is 1. The van der Waals surface area contributed by atoms with Gasteiger partial charge < -0.3 is 5.32 Å². The van der Waals surface area contributed by atoms with Crippen LogP contribution in [0.15, 0.2) is 34.8 Å². The van der Waals surface area contributed by atoms with Crippen LogP contribution in [0.25, 0.3) is 15.9 Å². The molecule has 4 nitrogen and oxygen atoms in total. The summed E-state index contributed by atoms with van der Waals surface area (Å²) < 4.78 is 2.97. The number of aromatic nitrogens is 2. The van der Waals surface area contributed by atoms with Gasteiger partial charge in [0.15, 0.2) is 0 Å². The van der Waals surface area contributed by atoms with Crippen LogP contribution in [0.1, 0.15) is 53.9 Å². The zero-order chi connectivity index (χ0) is 18.1. The lowest BCUT2D eigenvalue weighted by Gasteiger charge is -2.15. The summed E-state index contributed by atoms with van der Waals surface area (Å²) in [6.45, 7) is 2.00. The maximum atomic E-state index is 12.8. The number of rotatable bonds is 3. The third-order valence-electron chi connectivity index (χ3n) is 5.03. The van der Waals surface area contributed by atoms with Crippen LogP contribution in [0.5, 0.6) is 0 Å². The molecule has 26 heavy (non-hydrogen) atoms. The largest absolute Gasteiger partial charge is 0.349 e. The van der Waals surface area contributed by atoms with Crippen LogP contribution in [0.3, 0.4) is 0 Å². The number of carbonyl (C=O) groups is 1. The quantitative estimate of drug-likeness (QED) is 0.547. The third kappa shape index (κ3) is 3.58. The molecule has 3 aromatic rings. The summed E-state index contributed by atoms with van der Waals surface area (Å²) in [6.07, 6.45) is 7.21. The van der Waals surface area contributed by atoms with Crippen LogP contribution in [-0.4, -0.2) is 21.7 Å². The van der Waals surface area contributed by atoms with Crippen LogP contribution >= 0.6 is 27.3 Å². The number of carbonyl (C=O) groups excluding carboxylic acids is 1. The van der Waals surface area contributed by atoms with Gasteiger partial charge >= 0.3 is 0 Å². The lowest BCUT2D eigenvalue weighted by Crippen LogP contribution is -2.33. The van der Waals surface area contributed by atoms with Gasteiger partial charge in [-0.15, -0.1) is 11.3 Å². The Labute approximate surface area is 165 Å². The molecular weight excluding hydrogens is 410 g/mol. The van der Waals surface area contributed by atoms with Crippen molar-refractivity contribution < 1.29 is 4.79 Å². The highest BCUT2D eigenvalue weighted by Crippen LogP contribution is 2.31. The molecular formula is C20H22BrN3OS. The van der Waals surface area contributed by atoms with E-state index in [0.29, 0.717) is 6.04 Å². The van der Waals surface area contributed by atoms with Crippen molar-refractivity contribution in [1.29, 1.82) is 0 Å². The normalized spacial score (nSPS) is 15.9. The molecule has 1 amide bonds. The third-order valence-corrected chi connectivity index (χ3v) is 6.67. The predicted molar refractivity (Wildman–Crippen MR) is 110 cm³/mol. The molecule has 0 unspecified atom stereocenters. The highest BCUT2D eigenvalue weighted by molar-refractivity contribution is 9.10. The number of benzene rings is 1. The van der Waals surface area contributed by atoms with E-state index in [4.69, 9.17) is 0 Å². The topological polar surface area (TPSA) is 46.9 Å². The second kappa shape index (κ2) is 7.53. The first-order valence-electron chi connectivity index (χ1n) is 9.18. The molecule has 1 aliphatic rings. The second-order valence-electron chi connectivity index (χ2n) is 6.97. The first kappa shape index (κ1) is 17.7. The molecule has 1 fully saturated rings. The summed E-state index contributed by atoms with van der Waals surface area (Å²) in [5.41, 5.74) is 1.96. The van der Waals surface area contributed by atoms with Gasteiger partial charge in [0, 0.05) is 15.9 Å². The maximum absolute atomic E-state index is 12.8. The minimum Gasteiger partial charge on any atom is -0.349 e. The van der Waals surface area contributed by atoms with Gasteiger partial charge in [-0.05, 0) is 50.1 Å². The number of hydrogen-bond acceptors (Lipinski definition) is 3. The van der Waals surface area contributed by atoms with E-state index < -0.39 is 0 Å². The predicted octanol–water partition coefficient (Wildman–Crippen LogP) is 5.61. The standard InChI is InChI=1S/C20H22BrN3OS/c1-13-17-12-18(19(25)22-15-6-4-2-3-5-7-15)26-20(17)24(23-13)16-10-8-14(21)9-11-16/h8-12,15H,2-7H2,1H3,(H,22,25). The number of amides is 1. The van der Waals surface area contributed by atoms with Gasteiger partial charge in [-0.2, -0.15) is 5.10 Å². The molecule has 1 saturated carbocycles. The zero-order valence-electron chi connectivity index (χ0n) is 14.8. The molecule has 0 spiro atoms. The van der Waals surface area contributed by atoms with E-state index >= 15 is 0 Å². The fourth-order valence-corrected chi connectivity index (χ4v) is 4.95. The minimum absolute atomic E-state index is 0.0554. The molecule has 0 bridgehead atoms. The Hall–Kier alpha value is -1.66. The Morgan fingerprint density at radius 3 is 2.58 bits per heavy atom. The first-order valence-corrected chi connectivity index (χ1v) is 10.8. The van der Waals surface area contributed by atoms with Gasteiger partial charge in [0.2, 0.25) is 0 Å². The van der Waals surface area contributed by atoms with E-state index in [-0.39, 0.29) is 5.91 Å². The summed E-state index contributed by atoms with van der Waals surface area (Å²) >= 11 is 4.99. The number of fused-ring (bicyclic) bond motifs is 1. The van der Waals surface area contributed by atoms with Crippen LogP contribution in [0, 0.1) is 6.92 Å². The number of nitrogens with one attached hydrogen (secondary N) is 1. The number of nitrogens with zero attached hydrogens (tertiary/aromatic N) is 2. The van der Waals surface area contributed by atoms with Crippen molar-refractivity contribution in [3.05, 3.63) is 45.4 Å². The van der Waals surface area contributed by atoms with Gasteiger partial charge in [0.1, 0.15) is 4.83 Å². The smallest absolute Gasteiger partial charge is 0.261 e. The summed E-state index contributed by atoms with van der Waals surface area (Å²) in [7, 11) is 0. The molecule has 2 heterocycles. The van der Waals surface area contributed by atoms with Crippen LogP contribution < -0.4 is 5.32 Å². The van der Waals surface area contributed by atoms with Crippen molar-refractivity contribution in [2.45, 2.75) is 51.5 Å². The number of hydrogen-bond donors (Lipinski definition) is 1. The van der Waals surface area contributed by atoms with E-state index in [1.165, 1.54) is 37.0 Å². The van der Waals surface area contributed by atoms with E-state index in [0.717, 1.165) is 43.8 Å². The lowest BCUT2D eigenvalue weighted by molar-refractivity contribution is 0.0937. The van der Waals surface area contributed by atoms with Gasteiger partial charge in [0.05, 0.1) is 16.3 Å². The van der Waals surface area contributed by atoms with Gasteiger partial charge in [-0.1, -0.05) is 41.6 Å². The molecule has 4 rings (SSSR count). The molecule has 2 aromatic heterocycles. The molecule has 1 N–H and O–H groups in total. The van der Waals surface area contributed by atoms with E-state index in [2.05, 4.69) is 26.3 Å². The average molecular weight is 432 g/mol. The van der Waals surface area contributed by atoms with E-state index in [1.807, 2.05) is 41.9 Å². The minimum atomic E-state index is 0.0554. The van der Waals surface area contributed by atoms with Crippen molar-refractivity contribution in [3.63, 3.8) is 0 Å². The zero-order valence-corrected chi connectivity index (χ0v) is 17.2. The molecule has 0 aliphatic heterocycles. The Kier molecular flexibility index (Phi) is 5.14. The molecule has 6 heteroatoms. The molecule has 1 aliphatic carbocycles. The SMILES string of the molecule is Cc1nn(-c2ccc(Br)cc2)c2sc(C(=O)NC3CCCCCC3)cc12. The fraction of sp³-hybridized carbons (Fsp3) is 0.400. The molecule has 0 radical (unpaired) electrons. The van der Waals surface area contributed by atoms with Crippen molar-refractivity contribution in [2.24, 2.45) is 0 Å².